The van der Waals surface area contributed by atoms with Gasteiger partial charge in [0.05, 0.1) is 17.8 Å². The van der Waals surface area contributed by atoms with Gasteiger partial charge in [0.15, 0.2) is 0 Å². The van der Waals surface area contributed by atoms with Crippen LogP contribution in [0.15, 0.2) is 42.5 Å². The number of hydrogen-bond acceptors (Lipinski definition) is 2. The summed E-state index contributed by atoms with van der Waals surface area (Å²) in [6.07, 6.45) is 0. The highest BCUT2D eigenvalue weighted by molar-refractivity contribution is 6.52. The summed E-state index contributed by atoms with van der Waals surface area (Å²) in [7, 11) is 0. The number of ketones is 1. The Morgan fingerprint density at radius 2 is 1.85 bits per heavy atom. The quantitative estimate of drug-likeness (QED) is 0.793. The molecule has 0 saturated carbocycles. The fourth-order valence-electron chi connectivity index (χ4n) is 2.36. The molecule has 1 aliphatic rings. The zero-order valence-electron chi connectivity index (χ0n) is 10.9. The number of fused-ring (bicyclic) bond motifs is 1. The number of nitrogens with zero attached hydrogens (tertiary/aromatic N) is 1. The summed E-state index contributed by atoms with van der Waals surface area (Å²) in [5.41, 5.74) is 3.00. The third-order valence-electron chi connectivity index (χ3n) is 3.42. The van der Waals surface area contributed by atoms with Crippen LogP contribution in [0.4, 0.5) is 5.69 Å². The number of para-hydroxylation sites is 1. The molecule has 0 bridgehead atoms. The largest absolute Gasteiger partial charge is 0.300 e. The van der Waals surface area contributed by atoms with Gasteiger partial charge in [-0.2, -0.15) is 0 Å². The molecule has 4 heteroatoms. The third-order valence-corrected chi connectivity index (χ3v) is 3.77. The van der Waals surface area contributed by atoms with E-state index in [1.54, 1.807) is 18.2 Å². The maximum Gasteiger partial charge on any atom is 0.299 e. The molecule has 3 nitrogen and oxygen atoms in total. The molecule has 0 N–H and O–H groups in total. The Kier molecular flexibility index (Phi) is 3.07. The maximum atomic E-state index is 12.1. The minimum Gasteiger partial charge on any atom is -0.300 e. The van der Waals surface area contributed by atoms with E-state index in [9.17, 15) is 9.59 Å². The number of Topliss-reactive ketones (excluding diaryl/α,β-unsaturated/α-hetero) is 1. The van der Waals surface area contributed by atoms with Crippen molar-refractivity contribution in [1.29, 1.82) is 0 Å². The Hall–Kier alpha value is -2.13. The highest BCUT2D eigenvalue weighted by atomic mass is 35.5. The van der Waals surface area contributed by atoms with Crippen molar-refractivity contribution in [2.75, 3.05) is 4.90 Å². The van der Waals surface area contributed by atoms with E-state index in [0.29, 0.717) is 22.8 Å². The van der Waals surface area contributed by atoms with Gasteiger partial charge < -0.3 is 4.90 Å². The first-order chi connectivity index (χ1) is 9.58. The van der Waals surface area contributed by atoms with Crippen LogP contribution in [0.1, 0.15) is 21.5 Å². The monoisotopic (exact) mass is 285 g/mol. The van der Waals surface area contributed by atoms with Gasteiger partial charge in [0.25, 0.3) is 11.7 Å². The molecule has 2 aromatic rings. The zero-order chi connectivity index (χ0) is 14.3. The van der Waals surface area contributed by atoms with Gasteiger partial charge in [0, 0.05) is 5.02 Å². The maximum absolute atomic E-state index is 12.1. The number of carbonyl (C=O) groups excluding carboxylic acids is 2. The van der Waals surface area contributed by atoms with Crippen LogP contribution >= 0.6 is 11.6 Å². The van der Waals surface area contributed by atoms with Gasteiger partial charge in [0.1, 0.15) is 0 Å². The van der Waals surface area contributed by atoms with Crippen LogP contribution in [0.3, 0.4) is 0 Å². The van der Waals surface area contributed by atoms with Gasteiger partial charge in [-0.25, -0.2) is 0 Å². The Bertz CT molecular complexity index is 724. The zero-order valence-corrected chi connectivity index (χ0v) is 11.6. The first kappa shape index (κ1) is 12.9. The minimum atomic E-state index is -0.497. The molecule has 1 heterocycles. The molecule has 0 spiro atoms. The summed E-state index contributed by atoms with van der Waals surface area (Å²) >= 11 is 6.20. The highest BCUT2D eigenvalue weighted by Crippen LogP contribution is 2.31. The Balaban J connectivity index is 1.99. The molecule has 2 aromatic carbocycles. The average molecular weight is 286 g/mol. The number of rotatable bonds is 2. The van der Waals surface area contributed by atoms with Crippen molar-refractivity contribution in [3.8, 4) is 0 Å². The van der Waals surface area contributed by atoms with Crippen molar-refractivity contribution in [1.82, 2.24) is 0 Å². The van der Waals surface area contributed by atoms with Crippen LogP contribution in [0.5, 0.6) is 0 Å². The average Bonchev–Trinajstić information content (AvgIpc) is 2.67. The van der Waals surface area contributed by atoms with Crippen molar-refractivity contribution in [3.63, 3.8) is 0 Å². The molecular formula is C16H12ClNO2. The third kappa shape index (κ3) is 2.00. The molecule has 0 radical (unpaired) electrons. The first-order valence-electron chi connectivity index (χ1n) is 6.28. The molecule has 1 amide bonds. The van der Waals surface area contributed by atoms with Crippen molar-refractivity contribution in [2.24, 2.45) is 0 Å². The molecule has 0 atom stereocenters. The minimum absolute atomic E-state index is 0.306. The molecule has 0 aromatic heterocycles. The number of carbonyl (C=O) groups is 2. The van der Waals surface area contributed by atoms with E-state index in [-0.39, 0.29) is 0 Å². The summed E-state index contributed by atoms with van der Waals surface area (Å²) < 4.78 is 0. The fraction of sp³-hybridized carbons (Fsp3) is 0.125. The van der Waals surface area contributed by atoms with Gasteiger partial charge in [0.2, 0.25) is 0 Å². The van der Waals surface area contributed by atoms with E-state index < -0.39 is 11.7 Å². The normalized spacial score (nSPS) is 13.8. The molecule has 20 heavy (non-hydrogen) atoms. The smallest absolute Gasteiger partial charge is 0.299 e. The predicted molar refractivity (Wildman–Crippen MR) is 78.2 cm³/mol. The van der Waals surface area contributed by atoms with Crippen LogP contribution in [0.25, 0.3) is 0 Å². The van der Waals surface area contributed by atoms with E-state index >= 15 is 0 Å². The van der Waals surface area contributed by atoms with Gasteiger partial charge in [-0.3, -0.25) is 9.59 Å². The van der Waals surface area contributed by atoms with Crippen LogP contribution in [0, 0.1) is 6.92 Å². The number of hydrogen-bond donors (Lipinski definition) is 0. The number of aryl methyl sites for hydroxylation is 1. The lowest BCUT2D eigenvalue weighted by Crippen LogP contribution is -2.29. The molecular weight excluding hydrogens is 274 g/mol. The van der Waals surface area contributed by atoms with Gasteiger partial charge in [-0.05, 0) is 36.2 Å². The second-order valence-corrected chi connectivity index (χ2v) is 5.24. The van der Waals surface area contributed by atoms with Crippen molar-refractivity contribution >= 4 is 29.0 Å². The van der Waals surface area contributed by atoms with E-state index in [4.69, 9.17) is 11.6 Å². The van der Waals surface area contributed by atoms with Gasteiger partial charge >= 0.3 is 0 Å². The van der Waals surface area contributed by atoms with Crippen molar-refractivity contribution in [3.05, 3.63) is 64.2 Å². The Morgan fingerprint density at radius 1 is 1.10 bits per heavy atom. The second kappa shape index (κ2) is 4.76. The van der Waals surface area contributed by atoms with Crippen LogP contribution in [-0.2, 0) is 11.3 Å². The number of halogens is 1. The topological polar surface area (TPSA) is 37.4 Å². The molecule has 0 unspecified atom stereocenters. The van der Waals surface area contributed by atoms with Gasteiger partial charge in [-0.1, -0.05) is 35.9 Å². The van der Waals surface area contributed by atoms with E-state index in [2.05, 4.69) is 0 Å². The standard InChI is InChI=1S/C16H12ClNO2/c1-10-6-7-11(13(17)8-10)9-18-14-5-3-2-4-12(14)15(19)16(18)20/h2-8H,9H2,1H3. The first-order valence-corrected chi connectivity index (χ1v) is 6.66. The summed E-state index contributed by atoms with van der Waals surface area (Å²) in [5.74, 6) is -0.952. The van der Waals surface area contributed by atoms with Crippen molar-refractivity contribution < 1.29 is 9.59 Å². The summed E-state index contributed by atoms with van der Waals surface area (Å²) in [5, 5.41) is 0.606. The molecule has 3 rings (SSSR count). The molecule has 100 valence electrons. The molecule has 1 aliphatic heterocycles. The molecule has 0 fully saturated rings. The highest BCUT2D eigenvalue weighted by Gasteiger charge is 2.35. The fourth-order valence-corrected chi connectivity index (χ4v) is 2.65. The van der Waals surface area contributed by atoms with E-state index in [1.165, 1.54) is 4.90 Å². The Labute approximate surface area is 121 Å². The van der Waals surface area contributed by atoms with Crippen LogP contribution in [-0.4, -0.2) is 11.7 Å². The summed E-state index contributed by atoms with van der Waals surface area (Å²) in [6, 6.07) is 12.7. The SMILES string of the molecule is Cc1ccc(CN2C(=O)C(=O)c3ccccc32)c(Cl)c1. The Morgan fingerprint density at radius 3 is 2.60 bits per heavy atom. The molecule has 0 saturated heterocycles. The number of benzene rings is 2. The molecule has 0 aliphatic carbocycles. The van der Waals surface area contributed by atoms with E-state index in [1.807, 2.05) is 31.2 Å². The lowest BCUT2D eigenvalue weighted by Gasteiger charge is -2.17. The predicted octanol–water partition coefficient (Wildman–Crippen LogP) is 3.38. The lowest BCUT2D eigenvalue weighted by molar-refractivity contribution is -0.114. The van der Waals surface area contributed by atoms with Crippen molar-refractivity contribution in [2.45, 2.75) is 13.5 Å². The summed E-state index contributed by atoms with van der Waals surface area (Å²) in [4.78, 5) is 25.5. The van der Waals surface area contributed by atoms with Gasteiger partial charge in [-0.15, -0.1) is 0 Å². The van der Waals surface area contributed by atoms with E-state index in [0.717, 1.165) is 11.1 Å². The van der Waals surface area contributed by atoms with Crippen LogP contribution in [0.2, 0.25) is 5.02 Å². The number of anilines is 1. The number of amides is 1. The summed E-state index contributed by atoms with van der Waals surface area (Å²) in [6.45, 7) is 2.26. The van der Waals surface area contributed by atoms with Crippen LogP contribution < -0.4 is 4.90 Å². The lowest BCUT2D eigenvalue weighted by atomic mass is 10.1. The second-order valence-electron chi connectivity index (χ2n) is 4.83.